The molecule has 0 aromatic carbocycles. The highest BCUT2D eigenvalue weighted by Crippen LogP contribution is 2.38. The third-order valence-electron chi connectivity index (χ3n) is 19.2. The van der Waals surface area contributed by atoms with Crippen molar-refractivity contribution in [3.8, 4) is 0 Å². The van der Waals surface area contributed by atoms with Crippen LogP contribution in [-0.4, -0.2) is 152 Å². The fraction of sp³-hybridized carbons (Fsp3) is 0.767. The van der Waals surface area contributed by atoms with Crippen molar-refractivity contribution in [2.24, 2.45) is 35.5 Å². The average molecular weight is 1280 g/mol. The molecule has 1 saturated carbocycles. The van der Waals surface area contributed by atoms with Crippen LogP contribution in [-0.2, 0) is 66.7 Å². The summed E-state index contributed by atoms with van der Waals surface area (Å²) in [5.74, 6) is -8.57. The molecule has 4 rings (SSSR count). The molecule has 2 N–H and O–H groups in total. The van der Waals surface area contributed by atoms with Gasteiger partial charge in [-0.2, -0.15) is 0 Å². The van der Waals surface area contributed by atoms with E-state index in [2.05, 4.69) is 19.1 Å². The first-order valence-corrected chi connectivity index (χ1v) is 34.7. The van der Waals surface area contributed by atoms with E-state index < -0.39 is 102 Å². The zero-order valence-corrected chi connectivity index (χ0v) is 57.5. The second-order valence-electron chi connectivity index (χ2n) is 26.7. The summed E-state index contributed by atoms with van der Waals surface area (Å²) in [4.78, 5) is 98.0. The van der Waals surface area contributed by atoms with E-state index in [1.165, 1.54) is 24.9 Å². The number of hydrogen-bond donors (Lipinski definition) is 2. The molecular weight excluding hydrogens is 1160 g/mol. The molecule has 18 heteroatoms. The number of carbonyl (C=O) groups excluding carboxylic acids is 7. The molecule has 1 amide bonds. The van der Waals surface area contributed by atoms with Crippen molar-refractivity contribution < 1.29 is 81.7 Å². The first kappa shape index (κ1) is 78.6. The Balaban J connectivity index is 1.44. The van der Waals surface area contributed by atoms with Crippen LogP contribution < -0.4 is 0 Å². The summed E-state index contributed by atoms with van der Waals surface area (Å²) >= 11 is 0. The summed E-state index contributed by atoms with van der Waals surface area (Å²) in [5, 5.41) is 23.7. The maximum Gasteiger partial charge on any atom is 0.508 e. The maximum absolute atomic E-state index is 14.7. The van der Waals surface area contributed by atoms with Crippen molar-refractivity contribution >= 4 is 41.4 Å². The largest absolute Gasteiger partial charge is 0.508 e. The lowest BCUT2D eigenvalue weighted by molar-refractivity contribution is -0.265. The maximum atomic E-state index is 14.7. The number of ketones is 3. The Morgan fingerprint density at radius 1 is 0.791 bits per heavy atom. The third kappa shape index (κ3) is 26.1. The SMILES string of the molecule is CCCCCC[C@H](C/C=C\CCCCCCCCOC(=O)O[C@@H]1CC[C@@H](C[C@@H](C)[C@@H]2CC(=O)[C@H](C)/C=C(\C)[C@@H](O)[C@@H](OC)C(=O)[C@H](C)C[C@H](C)/C=C/C=C/C=C(\C)[C@@H](OC)C[C@@H]3CC[C@@H](C)[C@@](O)(O3)C(=O)C(=O)N3CCCC[C@H]3C(=O)O2)C[C@H]1OC)OC(=O)CC. The molecule has 16 atom stereocenters. The lowest BCUT2D eigenvalue weighted by Gasteiger charge is -2.42. The van der Waals surface area contributed by atoms with Gasteiger partial charge in [-0.05, 0) is 139 Å². The zero-order valence-electron chi connectivity index (χ0n) is 57.5. The fourth-order valence-corrected chi connectivity index (χ4v) is 13.3. The Bertz CT molecular complexity index is 2410. The van der Waals surface area contributed by atoms with Gasteiger partial charge in [-0.25, -0.2) is 9.59 Å². The molecule has 0 aromatic heterocycles. The van der Waals surface area contributed by atoms with Crippen molar-refractivity contribution in [2.75, 3.05) is 34.5 Å². The minimum absolute atomic E-state index is 0.00428. The Kier molecular flexibility index (Phi) is 36.1. The number of aliphatic hydroxyl groups excluding tert-OH is 1. The normalized spacial score (nSPS) is 32.5. The van der Waals surface area contributed by atoms with Gasteiger partial charge >= 0.3 is 18.1 Å². The van der Waals surface area contributed by atoms with E-state index in [0.717, 1.165) is 76.2 Å². The first-order valence-electron chi connectivity index (χ1n) is 34.7. The van der Waals surface area contributed by atoms with Crippen molar-refractivity contribution in [3.05, 3.63) is 59.8 Å². The van der Waals surface area contributed by atoms with E-state index in [1.54, 1.807) is 41.1 Å². The van der Waals surface area contributed by atoms with Gasteiger partial charge in [0.2, 0.25) is 5.79 Å². The van der Waals surface area contributed by atoms with Gasteiger partial charge in [-0.15, -0.1) is 0 Å². The number of nitrogens with zero attached hydrogens (tertiary/aromatic N) is 1. The van der Waals surface area contributed by atoms with Crippen LogP contribution >= 0.6 is 0 Å². The molecule has 0 unspecified atom stereocenters. The van der Waals surface area contributed by atoms with Gasteiger partial charge in [-0.1, -0.05) is 142 Å². The molecule has 3 aliphatic heterocycles. The number of aliphatic hydroxyl groups is 2. The molecule has 2 bridgehead atoms. The van der Waals surface area contributed by atoms with Crippen LogP contribution in [0.2, 0.25) is 0 Å². The predicted molar refractivity (Wildman–Crippen MR) is 350 cm³/mol. The number of ether oxygens (including phenoxy) is 8. The predicted octanol–water partition coefficient (Wildman–Crippen LogP) is 13.3. The Morgan fingerprint density at radius 2 is 1.52 bits per heavy atom. The number of esters is 2. The van der Waals surface area contributed by atoms with E-state index in [0.29, 0.717) is 76.2 Å². The number of hydrogen-bond acceptors (Lipinski definition) is 17. The fourth-order valence-electron chi connectivity index (χ4n) is 13.3. The number of fused-ring (bicyclic) bond motifs is 3. The van der Waals surface area contributed by atoms with Crippen LogP contribution in [0.5, 0.6) is 0 Å². The minimum Gasteiger partial charge on any atom is -0.462 e. The molecule has 1 aliphatic carbocycles. The quantitative estimate of drug-likeness (QED) is 0.0284. The number of piperidine rings is 1. The van der Waals surface area contributed by atoms with Crippen molar-refractivity contribution in [3.63, 3.8) is 0 Å². The number of Topliss-reactive ketones (excluding diaryl/α,β-unsaturated/α-hetero) is 3. The van der Waals surface area contributed by atoms with Gasteiger partial charge in [0.05, 0.1) is 24.9 Å². The monoisotopic (exact) mass is 1280 g/mol. The van der Waals surface area contributed by atoms with Gasteiger partial charge in [0.15, 0.2) is 5.78 Å². The van der Waals surface area contributed by atoms with E-state index in [4.69, 9.17) is 37.9 Å². The molecule has 3 fully saturated rings. The molecular formula is C73H117NO17. The second kappa shape index (κ2) is 41.8. The summed E-state index contributed by atoms with van der Waals surface area (Å²) < 4.78 is 47.0. The van der Waals surface area contributed by atoms with Crippen LogP contribution in [0, 0.1) is 35.5 Å². The third-order valence-corrected chi connectivity index (χ3v) is 19.2. The topological polar surface area (TPSA) is 237 Å². The second-order valence-corrected chi connectivity index (χ2v) is 26.7. The van der Waals surface area contributed by atoms with Crippen LogP contribution in [0.3, 0.4) is 0 Å². The summed E-state index contributed by atoms with van der Waals surface area (Å²) in [6.45, 7) is 17.0. The summed E-state index contributed by atoms with van der Waals surface area (Å²) in [6.07, 6.45) is 27.5. The molecule has 91 heavy (non-hydrogen) atoms. The smallest absolute Gasteiger partial charge is 0.462 e. The Morgan fingerprint density at radius 3 is 2.22 bits per heavy atom. The standard InChI is InChI=1S/C73H117NO17/c1-13-15-16-27-34-57(88-65(76)14-2)35-28-22-20-18-17-19-21-23-31-42-87-72(82)90-61-40-38-56(46-64(61)85-11)45-52(6)63-48-60(75)51(5)44-54(8)67(78)68(86-12)66(77)53(7)43-49(3)32-25-24-26-33-50(4)62(84-10)47-58-39-37-55(9)73(83,91-58)69(79)70(80)74-41-30-29-36-59(74)71(81)89-63/h22,24-26,28,32-33,44,49,51-53,55-59,61-64,67-68,78,83H,13-21,23,27,29-31,34-43,45-48H2,1-12H3/b26-24+,28-22-,32-25+,50-33+,54-44+/t49-,51-,52-,53-,55-,56+,57-,58+,59+,61-,62+,63+,64-,67-,68+,73-/m1/s1. The number of carbonyl (C=O) groups is 7. The molecule has 0 radical (unpaired) electrons. The number of cyclic esters (lactones) is 1. The Hall–Kier alpha value is -4.85. The molecule has 2 saturated heterocycles. The van der Waals surface area contributed by atoms with Crippen molar-refractivity contribution in [1.29, 1.82) is 0 Å². The molecule has 0 aromatic rings. The Labute approximate surface area is 545 Å². The molecule has 0 spiro atoms. The van der Waals surface area contributed by atoms with E-state index >= 15 is 0 Å². The summed E-state index contributed by atoms with van der Waals surface area (Å²) in [7, 11) is 4.52. The zero-order chi connectivity index (χ0) is 67.0. The van der Waals surface area contributed by atoms with Gasteiger partial charge in [0, 0.05) is 71.3 Å². The number of rotatable bonds is 25. The van der Waals surface area contributed by atoms with Gasteiger partial charge in [0.25, 0.3) is 11.7 Å². The number of amides is 1. The van der Waals surface area contributed by atoms with Crippen LogP contribution in [0.25, 0.3) is 0 Å². The first-order chi connectivity index (χ1) is 43.5. The summed E-state index contributed by atoms with van der Waals surface area (Å²) in [5.41, 5.74) is 1.23. The number of unbranched alkanes of at least 4 members (excludes halogenated alkanes) is 9. The molecule has 3 heterocycles. The minimum atomic E-state index is -2.46. The van der Waals surface area contributed by atoms with Gasteiger partial charge in [-0.3, -0.25) is 24.0 Å². The molecule has 4 aliphatic rings. The molecule has 516 valence electrons. The van der Waals surface area contributed by atoms with Gasteiger partial charge < -0.3 is 53.0 Å². The number of allylic oxidation sites excluding steroid dienone is 7. The number of methoxy groups -OCH3 is 3. The van der Waals surface area contributed by atoms with Crippen molar-refractivity contribution in [1.82, 2.24) is 4.90 Å². The highest BCUT2D eigenvalue weighted by Gasteiger charge is 2.53. The van der Waals surface area contributed by atoms with Crippen LogP contribution in [0.4, 0.5) is 4.79 Å². The van der Waals surface area contributed by atoms with Gasteiger partial charge in [0.1, 0.15) is 42.3 Å². The molecule has 18 nitrogen and oxygen atoms in total. The van der Waals surface area contributed by atoms with Crippen molar-refractivity contribution in [2.45, 2.75) is 290 Å². The van der Waals surface area contributed by atoms with Crippen LogP contribution in [0.1, 0.15) is 229 Å². The van der Waals surface area contributed by atoms with E-state index in [1.807, 2.05) is 65.0 Å². The highest BCUT2D eigenvalue weighted by atomic mass is 16.7. The highest BCUT2D eigenvalue weighted by molar-refractivity contribution is 6.39. The lowest BCUT2D eigenvalue weighted by atomic mass is 9.78. The average Bonchev–Trinajstić information content (AvgIpc) is 0.814. The summed E-state index contributed by atoms with van der Waals surface area (Å²) in [6, 6.07) is -1.19. The van der Waals surface area contributed by atoms with Crippen LogP contribution in [0.15, 0.2) is 59.8 Å². The lowest BCUT2D eigenvalue weighted by Crippen LogP contribution is -2.61. The van der Waals surface area contributed by atoms with E-state index in [-0.39, 0.29) is 61.5 Å². The van der Waals surface area contributed by atoms with E-state index in [9.17, 15) is 43.8 Å².